The number of piperidine rings is 1. The van der Waals surface area contributed by atoms with Crippen molar-refractivity contribution in [3.63, 3.8) is 0 Å². The van der Waals surface area contributed by atoms with Crippen molar-refractivity contribution in [2.24, 2.45) is 0 Å². The number of alkyl halides is 2. The van der Waals surface area contributed by atoms with Gasteiger partial charge in [0.25, 0.3) is 15.9 Å². The number of anilines is 2. The average molecular weight is 514 g/mol. The standard InChI is InChI=1S/C20H18BrF2N3O4S/c1-30-19(27)14-3-4-15(21)18(11-14)31(28,29)25-16-10-13(12-24)2-5-17(16)26-8-6-20(22,23)7-9-26/h2-5,10-11,25H,6-9H2,1H3. The Hall–Kier alpha value is -2.71. The molecule has 0 unspecified atom stereocenters. The van der Waals surface area contributed by atoms with Gasteiger partial charge in [0.05, 0.1) is 35.7 Å². The van der Waals surface area contributed by atoms with Crippen LogP contribution < -0.4 is 9.62 Å². The summed E-state index contributed by atoms with van der Waals surface area (Å²) in [6, 6.07) is 10.3. The lowest BCUT2D eigenvalue weighted by molar-refractivity contribution is -0.0220. The molecule has 31 heavy (non-hydrogen) atoms. The zero-order valence-electron chi connectivity index (χ0n) is 16.4. The van der Waals surface area contributed by atoms with Gasteiger partial charge >= 0.3 is 5.97 Å². The van der Waals surface area contributed by atoms with Crippen molar-refractivity contribution in [1.82, 2.24) is 0 Å². The van der Waals surface area contributed by atoms with Crippen LogP contribution in [0.15, 0.2) is 45.8 Å². The largest absolute Gasteiger partial charge is 0.465 e. The van der Waals surface area contributed by atoms with E-state index in [0.29, 0.717) is 5.69 Å². The van der Waals surface area contributed by atoms with Gasteiger partial charge in [0.1, 0.15) is 4.90 Å². The van der Waals surface area contributed by atoms with Crippen LogP contribution >= 0.6 is 15.9 Å². The van der Waals surface area contributed by atoms with Gasteiger partial charge in [0.2, 0.25) is 0 Å². The van der Waals surface area contributed by atoms with Crippen LogP contribution in [-0.4, -0.2) is 40.5 Å². The molecule has 1 aliphatic rings. The summed E-state index contributed by atoms with van der Waals surface area (Å²) in [6.45, 7) is 0.0737. The zero-order chi connectivity index (χ0) is 22.8. The Morgan fingerprint density at radius 1 is 1.23 bits per heavy atom. The van der Waals surface area contributed by atoms with Crippen LogP contribution in [-0.2, 0) is 14.8 Å². The zero-order valence-corrected chi connectivity index (χ0v) is 18.8. The average Bonchev–Trinajstić information content (AvgIpc) is 2.73. The van der Waals surface area contributed by atoms with E-state index >= 15 is 0 Å². The molecule has 1 fully saturated rings. The van der Waals surface area contributed by atoms with Gasteiger partial charge in [0.15, 0.2) is 0 Å². The number of nitrogens with one attached hydrogen (secondary N) is 1. The Labute approximate surface area is 186 Å². The minimum atomic E-state index is -4.21. The van der Waals surface area contributed by atoms with Crippen LogP contribution in [0, 0.1) is 11.3 Å². The number of benzene rings is 2. The van der Waals surface area contributed by atoms with Gasteiger partial charge in [-0.05, 0) is 52.3 Å². The maximum Gasteiger partial charge on any atom is 0.337 e. The maximum atomic E-state index is 13.6. The summed E-state index contributed by atoms with van der Waals surface area (Å²) in [5.41, 5.74) is 0.708. The lowest BCUT2D eigenvalue weighted by Crippen LogP contribution is -2.39. The molecule has 3 rings (SSSR count). The molecule has 0 atom stereocenters. The van der Waals surface area contributed by atoms with Crippen molar-refractivity contribution in [2.45, 2.75) is 23.7 Å². The highest BCUT2D eigenvalue weighted by atomic mass is 79.9. The molecule has 11 heteroatoms. The summed E-state index contributed by atoms with van der Waals surface area (Å²) < 4.78 is 60.6. The van der Waals surface area contributed by atoms with Crippen LogP contribution in [0.4, 0.5) is 20.2 Å². The van der Waals surface area contributed by atoms with E-state index in [2.05, 4.69) is 25.4 Å². The van der Waals surface area contributed by atoms with Crippen LogP contribution in [0.5, 0.6) is 0 Å². The third-order valence-electron chi connectivity index (χ3n) is 4.85. The predicted octanol–water partition coefficient (Wildman–Crippen LogP) is 4.14. The number of carbonyl (C=O) groups is 1. The van der Waals surface area contributed by atoms with Gasteiger partial charge in [0, 0.05) is 30.4 Å². The number of carbonyl (C=O) groups excluding carboxylic acids is 1. The third kappa shape index (κ3) is 5.14. The molecule has 7 nitrogen and oxygen atoms in total. The van der Waals surface area contributed by atoms with Crippen LogP contribution in [0.2, 0.25) is 0 Å². The number of esters is 1. The van der Waals surface area contributed by atoms with Crippen molar-refractivity contribution in [1.29, 1.82) is 5.26 Å². The number of hydrogen-bond acceptors (Lipinski definition) is 6. The Morgan fingerprint density at radius 3 is 2.52 bits per heavy atom. The molecular weight excluding hydrogens is 496 g/mol. The number of nitriles is 1. The number of sulfonamides is 1. The fourth-order valence-corrected chi connectivity index (χ4v) is 5.25. The van der Waals surface area contributed by atoms with Crippen molar-refractivity contribution >= 4 is 43.3 Å². The molecular formula is C20H18BrF2N3O4S. The molecule has 1 N–H and O–H groups in total. The van der Waals surface area contributed by atoms with Gasteiger partial charge in [-0.25, -0.2) is 22.0 Å². The first-order valence-electron chi connectivity index (χ1n) is 9.14. The molecule has 0 spiro atoms. The summed E-state index contributed by atoms with van der Waals surface area (Å²) in [4.78, 5) is 13.2. The normalized spacial score (nSPS) is 15.8. The molecule has 0 radical (unpaired) electrons. The molecule has 0 aromatic heterocycles. The number of methoxy groups -OCH3 is 1. The molecule has 0 bridgehead atoms. The molecule has 1 heterocycles. The number of ether oxygens (including phenoxy) is 1. The van der Waals surface area contributed by atoms with Crippen LogP contribution in [0.25, 0.3) is 0 Å². The number of hydrogen-bond donors (Lipinski definition) is 1. The molecule has 0 saturated carbocycles. The first-order chi connectivity index (χ1) is 14.6. The Morgan fingerprint density at radius 2 is 1.90 bits per heavy atom. The quantitative estimate of drug-likeness (QED) is 0.603. The molecule has 0 amide bonds. The van der Waals surface area contributed by atoms with E-state index in [1.165, 1.54) is 37.4 Å². The molecule has 164 valence electrons. The van der Waals surface area contributed by atoms with E-state index in [0.717, 1.165) is 6.07 Å². The number of nitrogens with zero attached hydrogens (tertiary/aromatic N) is 2. The van der Waals surface area contributed by atoms with E-state index in [4.69, 9.17) is 0 Å². The summed E-state index contributed by atoms with van der Waals surface area (Å²) in [6.07, 6.45) is -0.710. The first kappa shape index (κ1) is 23.0. The second-order valence-corrected chi connectivity index (χ2v) is 9.43. The monoisotopic (exact) mass is 513 g/mol. The summed E-state index contributed by atoms with van der Waals surface area (Å²) in [5.74, 6) is -3.47. The van der Waals surface area contributed by atoms with E-state index in [-0.39, 0.29) is 52.1 Å². The maximum absolute atomic E-state index is 13.6. The summed E-state index contributed by atoms with van der Waals surface area (Å²) >= 11 is 3.17. The number of halogens is 3. The third-order valence-corrected chi connectivity index (χ3v) is 7.21. The van der Waals surface area contributed by atoms with E-state index < -0.39 is 21.9 Å². The lowest BCUT2D eigenvalue weighted by Gasteiger charge is -2.34. The molecule has 2 aromatic rings. The second kappa shape index (κ2) is 8.80. The topological polar surface area (TPSA) is 99.5 Å². The molecule has 1 saturated heterocycles. The predicted molar refractivity (Wildman–Crippen MR) is 114 cm³/mol. The lowest BCUT2D eigenvalue weighted by atomic mass is 10.1. The minimum Gasteiger partial charge on any atom is -0.465 e. The van der Waals surface area contributed by atoms with Gasteiger partial charge in [-0.1, -0.05) is 0 Å². The summed E-state index contributed by atoms with van der Waals surface area (Å²) in [5, 5.41) is 9.22. The van der Waals surface area contributed by atoms with Gasteiger partial charge in [-0.15, -0.1) is 0 Å². The van der Waals surface area contributed by atoms with Crippen LogP contribution in [0.1, 0.15) is 28.8 Å². The Kier molecular flexibility index (Phi) is 6.52. The molecule has 0 aliphatic carbocycles. The molecule has 2 aromatic carbocycles. The van der Waals surface area contributed by atoms with Crippen molar-refractivity contribution in [3.8, 4) is 6.07 Å². The smallest absolute Gasteiger partial charge is 0.337 e. The van der Waals surface area contributed by atoms with E-state index in [9.17, 15) is 27.3 Å². The van der Waals surface area contributed by atoms with Gasteiger partial charge in [-0.3, -0.25) is 4.72 Å². The fourth-order valence-electron chi connectivity index (χ4n) is 3.19. The molecule has 1 aliphatic heterocycles. The summed E-state index contributed by atoms with van der Waals surface area (Å²) in [7, 11) is -3.03. The highest BCUT2D eigenvalue weighted by Crippen LogP contribution is 2.36. The van der Waals surface area contributed by atoms with E-state index in [1.807, 2.05) is 6.07 Å². The Balaban J connectivity index is 2.00. The Bertz CT molecular complexity index is 1160. The highest BCUT2D eigenvalue weighted by molar-refractivity contribution is 9.10. The number of rotatable bonds is 5. The fraction of sp³-hybridized carbons (Fsp3) is 0.300. The van der Waals surface area contributed by atoms with Crippen molar-refractivity contribution in [3.05, 3.63) is 52.0 Å². The minimum absolute atomic E-state index is 0.0369. The van der Waals surface area contributed by atoms with Crippen molar-refractivity contribution in [2.75, 3.05) is 29.8 Å². The SMILES string of the molecule is COC(=O)c1ccc(Br)c(S(=O)(=O)Nc2cc(C#N)ccc2N2CCC(F)(F)CC2)c1. The van der Waals surface area contributed by atoms with Crippen LogP contribution in [0.3, 0.4) is 0 Å². The van der Waals surface area contributed by atoms with Gasteiger partial charge < -0.3 is 9.64 Å². The van der Waals surface area contributed by atoms with Crippen molar-refractivity contribution < 1.29 is 26.7 Å². The van der Waals surface area contributed by atoms with Gasteiger partial charge in [-0.2, -0.15) is 5.26 Å². The first-order valence-corrected chi connectivity index (χ1v) is 11.4. The highest BCUT2D eigenvalue weighted by Gasteiger charge is 2.35. The van der Waals surface area contributed by atoms with E-state index in [1.54, 1.807) is 4.90 Å². The second-order valence-electron chi connectivity index (χ2n) is 6.93.